The maximum atomic E-state index is 9.96. The zero-order valence-electron chi connectivity index (χ0n) is 13.0. The van der Waals surface area contributed by atoms with Gasteiger partial charge in [0.15, 0.2) is 10.8 Å². The highest BCUT2D eigenvalue weighted by atomic mass is 35.5. The Kier molecular flexibility index (Phi) is 3.36. The van der Waals surface area contributed by atoms with Crippen LogP contribution in [0.15, 0.2) is 24.3 Å². The van der Waals surface area contributed by atoms with Crippen LogP contribution >= 0.6 is 11.6 Å². The molecule has 0 spiro atoms. The molecule has 1 aromatic rings. The van der Waals surface area contributed by atoms with Crippen LogP contribution in [0.25, 0.3) is 0 Å². The second-order valence-electron chi connectivity index (χ2n) is 6.14. The molecular formula is C17H13ClN4O2. The Morgan fingerprint density at radius 3 is 2.33 bits per heavy atom. The number of hydrogen-bond acceptors (Lipinski definition) is 6. The fourth-order valence-electron chi connectivity index (χ4n) is 3.64. The Morgan fingerprint density at radius 2 is 1.79 bits per heavy atom. The largest absolute Gasteiger partial charge is 0.448 e. The molecule has 3 fully saturated rings. The van der Waals surface area contributed by atoms with Crippen LogP contribution in [0, 0.1) is 56.2 Å². The lowest BCUT2D eigenvalue weighted by molar-refractivity contribution is -0.338. The van der Waals surface area contributed by atoms with Gasteiger partial charge in [-0.25, -0.2) is 0 Å². The molecule has 3 saturated heterocycles. The first-order chi connectivity index (χ1) is 11.3. The lowest BCUT2D eigenvalue weighted by atomic mass is 9.51. The SMILES string of the molecule is C[C@H]1C(C#N)(C#N)[C@@]2(C#N)C(=N)O[C@@]1(C)O[C@@H]2c1ccccc1Cl. The normalized spacial score (nSPS) is 36.1. The van der Waals surface area contributed by atoms with Crippen LogP contribution in [0.5, 0.6) is 0 Å². The summed E-state index contributed by atoms with van der Waals surface area (Å²) >= 11 is 6.26. The molecule has 2 bridgehead atoms. The number of fused-ring (bicyclic) bond motifs is 3. The highest BCUT2D eigenvalue weighted by Gasteiger charge is 2.78. The zero-order valence-corrected chi connectivity index (χ0v) is 13.8. The first-order valence-electron chi connectivity index (χ1n) is 7.27. The van der Waals surface area contributed by atoms with E-state index in [4.69, 9.17) is 26.5 Å². The average molecular weight is 341 g/mol. The van der Waals surface area contributed by atoms with Crippen molar-refractivity contribution < 1.29 is 9.47 Å². The van der Waals surface area contributed by atoms with Crippen LogP contribution in [0.2, 0.25) is 5.02 Å². The van der Waals surface area contributed by atoms with Crippen molar-refractivity contribution in [3.05, 3.63) is 34.9 Å². The van der Waals surface area contributed by atoms with Gasteiger partial charge in [0.2, 0.25) is 11.7 Å². The minimum absolute atomic E-state index is 0.332. The van der Waals surface area contributed by atoms with E-state index in [-0.39, 0.29) is 0 Å². The quantitative estimate of drug-likeness (QED) is 0.842. The molecule has 3 heterocycles. The number of ether oxygens (including phenoxy) is 2. The van der Waals surface area contributed by atoms with E-state index in [2.05, 4.69) is 0 Å². The van der Waals surface area contributed by atoms with Gasteiger partial charge in [-0.05, 0) is 6.07 Å². The van der Waals surface area contributed by atoms with Gasteiger partial charge in [-0.1, -0.05) is 36.7 Å². The van der Waals surface area contributed by atoms with E-state index >= 15 is 0 Å². The fourth-order valence-corrected chi connectivity index (χ4v) is 3.87. The summed E-state index contributed by atoms with van der Waals surface area (Å²) in [5, 5.41) is 38.2. The molecule has 120 valence electrons. The number of nitrogens with zero attached hydrogens (tertiary/aromatic N) is 3. The molecule has 0 unspecified atom stereocenters. The lowest BCUT2D eigenvalue weighted by Crippen LogP contribution is -2.71. The summed E-state index contributed by atoms with van der Waals surface area (Å²) in [6.07, 6.45) is -1.06. The molecule has 0 aromatic heterocycles. The maximum Gasteiger partial charge on any atom is 0.215 e. The van der Waals surface area contributed by atoms with Gasteiger partial charge < -0.3 is 9.47 Å². The van der Waals surface area contributed by atoms with Crippen molar-refractivity contribution >= 4 is 17.5 Å². The van der Waals surface area contributed by atoms with E-state index in [1.165, 1.54) is 0 Å². The topological polar surface area (TPSA) is 114 Å². The average Bonchev–Trinajstić information content (AvgIpc) is 2.57. The van der Waals surface area contributed by atoms with E-state index in [0.717, 1.165) is 0 Å². The molecule has 3 aliphatic heterocycles. The van der Waals surface area contributed by atoms with Gasteiger partial charge in [0.05, 0.1) is 24.1 Å². The molecule has 7 heteroatoms. The minimum Gasteiger partial charge on any atom is -0.448 e. The molecule has 24 heavy (non-hydrogen) atoms. The summed E-state index contributed by atoms with van der Waals surface area (Å²) in [5.74, 6) is -2.57. The standard InChI is InChI=1S/C17H13ClN4O2/c1-10-15(2)23-13(11-5-3-4-6-12(11)18)17(9-21,14(22)24-15)16(10,7-19)8-20/h3-6,10,13,22H,1-2H3/t10-,13-,15-,17-/m1/s1. The number of hydrogen-bond donors (Lipinski definition) is 1. The van der Waals surface area contributed by atoms with Crippen molar-refractivity contribution in [2.75, 3.05) is 0 Å². The molecule has 6 nitrogen and oxygen atoms in total. The summed E-state index contributed by atoms with van der Waals surface area (Å²) in [4.78, 5) is 0. The van der Waals surface area contributed by atoms with Crippen LogP contribution < -0.4 is 0 Å². The highest BCUT2D eigenvalue weighted by molar-refractivity contribution is 6.31. The molecular weight excluding hydrogens is 328 g/mol. The third kappa shape index (κ3) is 1.59. The van der Waals surface area contributed by atoms with E-state index in [1.807, 2.05) is 18.2 Å². The minimum atomic E-state index is -1.90. The summed E-state index contributed by atoms with van der Waals surface area (Å²) < 4.78 is 11.5. The fraction of sp³-hybridized carbons (Fsp3) is 0.412. The highest BCUT2D eigenvalue weighted by Crippen LogP contribution is 2.66. The van der Waals surface area contributed by atoms with Crippen molar-refractivity contribution in [3.8, 4) is 18.2 Å². The summed E-state index contributed by atoms with van der Waals surface area (Å²) in [6.45, 7) is 3.19. The summed E-state index contributed by atoms with van der Waals surface area (Å²) in [5.41, 5.74) is -3.26. The Balaban J connectivity index is 2.37. The molecule has 1 N–H and O–H groups in total. The third-order valence-electron chi connectivity index (χ3n) is 5.18. The molecule has 0 amide bonds. The predicted molar refractivity (Wildman–Crippen MR) is 83.4 cm³/mol. The summed E-state index contributed by atoms with van der Waals surface area (Å²) in [6, 6.07) is 12.7. The van der Waals surface area contributed by atoms with Crippen molar-refractivity contribution in [2.45, 2.75) is 25.7 Å². The van der Waals surface area contributed by atoms with Crippen molar-refractivity contribution in [1.82, 2.24) is 0 Å². The molecule has 4 atom stereocenters. The number of nitriles is 3. The number of benzene rings is 1. The van der Waals surface area contributed by atoms with E-state index in [9.17, 15) is 15.8 Å². The van der Waals surface area contributed by atoms with Crippen molar-refractivity contribution in [1.29, 1.82) is 21.2 Å². The maximum absolute atomic E-state index is 9.96. The first kappa shape index (κ1) is 16.3. The van der Waals surface area contributed by atoms with Crippen LogP contribution in [0.4, 0.5) is 0 Å². The Morgan fingerprint density at radius 1 is 1.17 bits per heavy atom. The van der Waals surface area contributed by atoms with Gasteiger partial charge in [-0.2, -0.15) is 15.8 Å². The summed E-state index contributed by atoms with van der Waals surface area (Å²) in [7, 11) is 0. The van der Waals surface area contributed by atoms with E-state index in [0.29, 0.717) is 10.6 Å². The van der Waals surface area contributed by atoms with Crippen molar-refractivity contribution in [3.63, 3.8) is 0 Å². The molecule has 3 aliphatic rings. The monoisotopic (exact) mass is 340 g/mol. The van der Waals surface area contributed by atoms with E-state index < -0.39 is 34.5 Å². The first-order valence-corrected chi connectivity index (χ1v) is 7.65. The van der Waals surface area contributed by atoms with E-state index in [1.54, 1.807) is 38.1 Å². The number of halogens is 1. The number of rotatable bonds is 1. The van der Waals surface area contributed by atoms with Crippen LogP contribution in [-0.4, -0.2) is 11.7 Å². The smallest absolute Gasteiger partial charge is 0.215 e. The second-order valence-corrected chi connectivity index (χ2v) is 6.55. The van der Waals surface area contributed by atoms with Crippen LogP contribution in [-0.2, 0) is 9.47 Å². The molecule has 0 radical (unpaired) electrons. The molecule has 0 aliphatic carbocycles. The Bertz CT molecular complexity index is 851. The lowest BCUT2D eigenvalue weighted by Gasteiger charge is -2.60. The van der Waals surface area contributed by atoms with Gasteiger partial charge >= 0.3 is 0 Å². The van der Waals surface area contributed by atoms with Gasteiger partial charge in [0.25, 0.3) is 0 Å². The Hall–Kier alpha value is -2.59. The van der Waals surface area contributed by atoms with Crippen LogP contribution in [0.3, 0.4) is 0 Å². The molecule has 0 saturated carbocycles. The van der Waals surface area contributed by atoms with Crippen LogP contribution in [0.1, 0.15) is 25.5 Å². The Labute approximate surface area is 144 Å². The van der Waals surface area contributed by atoms with Gasteiger partial charge in [0, 0.05) is 17.5 Å². The third-order valence-corrected chi connectivity index (χ3v) is 5.53. The second kappa shape index (κ2) is 4.95. The van der Waals surface area contributed by atoms with Gasteiger partial charge in [-0.3, -0.25) is 5.41 Å². The van der Waals surface area contributed by atoms with Crippen molar-refractivity contribution in [2.24, 2.45) is 16.7 Å². The zero-order chi connectivity index (χ0) is 17.8. The predicted octanol–water partition coefficient (Wildman–Crippen LogP) is 3.31. The van der Waals surface area contributed by atoms with Gasteiger partial charge in [-0.15, -0.1) is 0 Å². The molecule has 4 rings (SSSR count). The van der Waals surface area contributed by atoms with Gasteiger partial charge in [0.1, 0.15) is 6.10 Å². The number of nitrogens with one attached hydrogen (secondary N) is 1. The molecule has 1 aromatic carbocycles.